The third-order valence-corrected chi connectivity index (χ3v) is 5.45. The van der Waals surface area contributed by atoms with Gasteiger partial charge in [-0.1, -0.05) is 12.1 Å². The summed E-state index contributed by atoms with van der Waals surface area (Å²) < 4.78 is 32.9. The van der Waals surface area contributed by atoms with Gasteiger partial charge in [0.15, 0.2) is 11.6 Å². The molecule has 0 radical (unpaired) electrons. The number of rotatable bonds is 10. The normalized spacial score (nSPS) is 11.0. The number of halogens is 2. The van der Waals surface area contributed by atoms with Crippen LogP contribution in [0.15, 0.2) is 60.0 Å². The van der Waals surface area contributed by atoms with Crippen molar-refractivity contribution in [2.75, 3.05) is 25.6 Å². The quantitative estimate of drug-likeness (QED) is 0.326. The molecule has 0 saturated carbocycles. The van der Waals surface area contributed by atoms with Crippen molar-refractivity contribution >= 4 is 22.6 Å². The smallest absolute Gasteiger partial charge is 0.266 e. The molecule has 0 fully saturated rings. The number of benzene rings is 2. The summed E-state index contributed by atoms with van der Waals surface area (Å²) in [5.74, 6) is -1.92. The van der Waals surface area contributed by atoms with Crippen LogP contribution in [-0.2, 0) is 17.8 Å². The van der Waals surface area contributed by atoms with Gasteiger partial charge in [-0.3, -0.25) is 14.2 Å². The van der Waals surface area contributed by atoms with Crippen molar-refractivity contribution in [3.05, 3.63) is 93.9 Å². The first kappa shape index (κ1) is 24.9. The number of fused-ring (bicyclic) bond motifs is 1. The molecule has 11 heteroatoms. The van der Waals surface area contributed by atoms with E-state index in [9.17, 15) is 18.4 Å². The van der Waals surface area contributed by atoms with Gasteiger partial charge in [0.2, 0.25) is 0 Å². The fourth-order valence-corrected chi connectivity index (χ4v) is 3.61. The highest BCUT2D eigenvalue weighted by Gasteiger charge is 2.14. The fraction of sp³-hybridized carbons (Fsp3) is 0.240. The molecule has 4 rings (SSSR count). The van der Waals surface area contributed by atoms with E-state index in [1.54, 1.807) is 7.11 Å². The summed E-state index contributed by atoms with van der Waals surface area (Å²) in [5, 5.41) is 6.80. The van der Waals surface area contributed by atoms with Gasteiger partial charge < -0.3 is 15.4 Å². The number of hydrogen-bond donors (Lipinski definition) is 2. The zero-order chi connectivity index (χ0) is 25.5. The lowest BCUT2D eigenvalue weighted by Crippen LogP contribution is -2.33. The summed E-state index contributed by atoms with van der Waals surface area (Å²) >= 11 is 0. The molecule has 0 aliphatic rings. The van der Waals surface area contributed by atoms with Crippen molar-refractivity contribution in [1.29, 1.82) is 0 Å². The van der Waals surface area contributed by atoms with Crippen LogP contribution in [-0.4, -0.2) is 45.7 Å². The van der Waals surface area contributed by atoms with Crippen LogP contribution in [0, 0.1) is 11.6 Å². The Labute approximate surface area is 205 Å². The average Bonchev–Trinajstić information content (AvgIpc) is 2.88. The standard InChI is InChI=1S/C25H24F2N6O3/c1-36-8-2-7-29-23-18-9-16(4-6-22(18)31-14-32-23)11-30-24(34)19-12-28-15-33(25(19)35)13-17-3-5-20(26)21(27)10-17/h3-6,9-10,12,14-15H,2,7-8,11,13H2,1H3,(H,30,34)(H,29,31,32). The van der Waals surface area contributed by atoms with E-state index in [0.29, 0.717) is 24.5 Å². The highest BCUT2D eigenvalue weighted by atomic mass is 19.2. The van der Waals surface area contributed by atoms with Gasteiger partial charge in [-0.15, -0.1) is 0 Å². The number of hydrogen-bond acceptors (Lipinski definition) is 7. The molecule has 0 saturated heterocycles. The zero-order valence-electron chi connectivity index (χ0n) is 19.5. The van der Waals surface area contributed by atoms with Crippen molar-refractivity contribution < 1.29 is 18.3 Å². The van der Waals surface area contributed by atoms with Crippen LogP contribution in [0.25, 0.3) is 10.9 Å². The summed E-state index contributed by atoms with van der Waals surface area (Å²) in [4.78, 5) is 38.1. The molecule has 2 aromatic carbocycles. The molecule has 9 nitrogen and oxygen atoms in total. The van der Waals surface area contributed by atoms with Gasteiger partial charge in [0.25, 0.3) is 11.5 Å². The predicted octanol–water partition coefficient (Wildman–Crippen LogP) is 2.89. The van der Waals surface area contributed by atoms with Crippen LogP contribution in [0.3, 0.4) is 0 Å². The molecule has 2 aromatic heterocycles. The minimum Gasteiger partial charge on any atom is -0.385 e. The Morgan fingerprint density at radius 3 is 2.72 bits per heavy atom. The topological polar surface area (TPSA) is 111 Å². The van der Waals surface area contributed by atoms with Crippen molar-refractivity contribution in [3.8, 4) is 0 Å². The second-order valence-electron chi connectivity index (χ2n) is 8.02. The van der Waals surface area contributed by atoms with Gasteiger partial charge in [0.1, 0.15) is 17.7 Å². The first-order valence-electron chi connectivity index (χ1n) is 11.2. The Hall–Kier alpha value is -4.25. The number of carbonyl (C=O) groups is 1. The van der Waals surface area contributed by atoms with Crippen molar-refractivity contribution in [2.45, 2.75) is 19.5 Å². The van der Waals surface area contributed by atoms with Crippen molar-refractivity contribution in [1.82, 2.24) is 24.8 Å². The molecular weight excluding hydrogens is 470 g/mol. The fourth-order valence-electron chi connectivity index (χ4n) is 3.61. The number of aromatic nitrogens is 4. The SMILES string of the molecule is COCCCNc1ncnc2ccc(CNC(=O)c3cncn(Cc4ccc(F)c(F)c4)c3=O)cc12. The van der Waals surface area contributed by atoms with Gasteiger partial charge in [-0.25, -0.2) is 23.7 Å². The van der Waals surface area contributed by atoms with Gasteiger partial charge in [0, 0.05) is 38.4 Å². The highest BCUT2D eigenvalue weighted by molar-refractivity contribution is 5.93. The van der Waals surface area contributed by atoms with E-state index in [2.05, 4.69) is 25.6 Å². The second-order valence-corrected chi connectivity index (χ2v) is 8.02. The van der Waals surface area contributed by atoms with E-state index in [0.717, 1.165) is 39.6 Å². The largest absolute Gasteiger partial charge is 0.385 e. The Kier molecular flexibility index (Phi) is 7.91. The molecule has 186 valence electrons. The van der Waals surface area contributed by atoms with E-state index in [-0.39, 0.29) is 18.7 Å². The predicted molar refractivity (Wildman–Crippen MR) is 130 cm³/mol. The van der Waals surface area contributed by atoms with Gasteiger partial charge >= 0.3 is 0 Å². The highest BCUT2D eigenvalue weighted by Crippen LogP contribution is 2.20. The van der Waals surface area contributed by atoms with E-state index in [1.807, 2.05) is 18.2 Å². The lowest BCUT2D eigenvalue weighted by Gasteiger charge is -2.11. The Morgan fingerprint density at radius 2 is 1.92 bits per heavy atom. The number of amides is 1. The monoisotopic (exact) mass is 494 g/mol. The second kappa shape index (κ2) is 11.5. The molecule has 1 amide bonds. The summed E-state index contributed by atoms with van der Waals surface area (Å²) in [5.41, 5.74) is 1.14. The molecule has 0 aliphatic carbocycles. The first-order valence-corrected chi connectivity index (χ1v) is 11.2. The number of nitrogens with one attached hydrogen (secondary N) is 2. The number of ether oxygens (including phenoxy) is 1. The number of methoxy groups -OCH3 is 1. The Bertz CT molecular complexity index is 1440. The number of anilines is 1. The third kappa shape index (κ3) is 5.87. The third-order valence-electron chi connectivity index (χ3n) is 5.45. The molecular formula is C25H24F2N6O3. The zero-order valence-corrected chi connectivity index (χ0v) is 19.5. The lowest BCUT2D eigenvalue weighted by atomic mass is 10.1. The van der Waals surface area contributed by atoms with Gasteiger partial charge in [0.05, 0.1) is 18.4 Å². The van der Waals surface area contributed by atoms with Crippen LogP contribution < -0.4 is 16.2 Å². The van der Waals surface area contributed by atoms with E-state index in [1.165, 1.54) is 24.9 Å². The molecule has 0 unspecified atom stereocenters. The van der Waals surface area contributed by atoms with E-state index in [4.69, 9.17) is 4.74 Å². The lowest BCUT2D eigenvalue weighted by molar-refractivity contribution is 0.0948. The number of nitrogens with zero attached hydrogens (tertiary/aromatic N) is 4. The van der Waals surface area contributed by atoms with Crippen LogP contribution in [0.5, 0.6) is 0 Å². The van der Waals surface area contributed by atoms with Crippen molar-refractivity contribution in [3.63, 3.8) is 0 Å². The van der Waals surface area contributed by atoms with E-state index < -0.39 is 23.1 Å². The maximum absolute atomic E-state index is 13.5. The minimum absolute atomic E-state index is 0.0605. The minimum atomic E-state index is -1.02. The van der Waals surface area contributed by atoms with Crippen molar-refractivity contribution in [2.24, 2.45) is 0 Å². The van der Waals surface area contributed by atoms with Gasteiger partial charge in [-0.05, 0) is 41.8 Å². The van der Waals surface area contributed by atoms with Crippen LogP contribution in [0.4, 0.5) is 14.6 Å². The summed E-state index contributed by atoms with van der Waals surface area (Å²) in [6.45, 7) is 1.40. The Balaban J connectivity index is 1.46. The molecule has 0 spiro atoms. The average molecular weight is 495 g/mol. The van der Waals surface area contributed by atoms with E-state index >= 15 is 0 Å². The molecule has 2 heterocycles. The van der Waals surface area contributed by atoms with Crippen LogP contribution >= 0.6 is 0 Å². The first-order chi connectivity index (χ1) is 17.5. The van der Waals surface area contributed by atoms with Gasteiger partial charge in [-0.2, -0.15) is 0 Å². The maximum Gasteiger partial charge on any atom is 0.266 e. The molecule has 0 bridgehead atoms. The molecule has 0 atom stereocenters. The molecule has 4 aromatic rings. The Morgan fingerprint density at radius 1 is 1.08 bits per heavy atom. The number of carbonyl (C=O) groups excluding carboxylic acids is 1. The summed E-state index contributed by atoms with van der Waals surface area (Å²) in [7, 11) is 1.65. The molecule has 36 heavy (non-hydrogen) atoms. The summed E-state index contributed by atoms with van der Waals surface area (Å²) in [6, 6.07) is 8.88. The van der Waals surface area contributed by atoms with Crippen LogP contribution in [0.1, 0.15) is 27.9 Å². The molecule has 2 N–H and O–H groups in total. The molecule has 0 aliphatic heterocycles. The van der Waals surface area contributed by atoms with Crippen LogP contribution in [0.2, 0.25) is 0 Å². The summed E-state index contributed by atoms with van der Waals surface area (Å²) in [6.07, 6.45) is 4.72. The maximum atomic E-state index is 13.5.